The Morgan fingerprint density at radius 3 is 2.25 bits per heavy atom. The summed E-state index contributed by atoms with van der Waals surface area (Å²) in [6.07, 6.45) is 1.88. The minimum absolute atomic E-state index is 0.101. The van der Waals surface area contributed by atoms with Gasteiger partial charge in [0.25, 0.3) is 5.69 Å². The van der Waals surface area contributed by atoms with Crippen LogP contribution < -0.4 is 9.62 Å². The quantitative estimate of drug-likeness (QED) is 0.163. The molecule has 1 atom stereocenters. The van der Waals surface area contributed by atoms with Gasteiger partial charge < -0.3 is 14.8 Å². The van der Waals surface area contributed by atoms with Crippen molar-refractivity contribution in [3.8, 4) is 11.3 Å². The fraction of sp³-hybridized carbons (Fsp3) is 0.171. The van der Waals surface area contributed by atoms with Gasteiger partial charge in [0.2, 0.25) is 21.9 Å². The van der Waals surface area contributed by atoms with Crippen molar-refractivity contribution in [2.75, 3.05) is 31.1 Å². The Morgan fingerprint density at radius 1 is 0.854 bits per heavy atom. The molecule has 7 rings (SSSR count). The summed E-state index contributed by atoms with van der Waals surface area (Å²) in [6.45, 7) is 1.57. The van der Waals surface area contributed by atoms with Gasteiger partial charge >= 0.3 is 0 Å². The molecule has 0 aliphatic carbocycles. The fourth-order valence-corrected chi connectivity index (χ4v) is 7.26. The number of anilines is 1. The number of nitro benzene ring substituents is 1. The second-order valence-corrected chi connectivity index (χ2v) is 13.3. The standard InChI is InChI=1S/C35H31N7O5S/c43-34(40-18-20-41(21-19-40)35-37-31-13-7-5-11-29(31)33(38-35)24-8-2-1-3-9-24)32(22-25-23-36-30-12-6-4-10-28(25)30)39-48(46,47)27-16-14-26(15-17-27)42(44)45/h1-17,23,32,36,39H,18-22H2. The molecule has 6 aromatic rings. The Bertz CT molecular complexity index is 2230. The van der Waals surface area contributed by atoms with Gasteiger partial charge in [-0.05, 0) is 36.2 Å². The Kier molecular flexibility index (Phi) is 8.29. The number of benzene rings is 4. The number of H-pyrrole nitrogens is 1. The maximum Gasteiger partial charge on any atom is 0.269 e. The van der Waals surface area contributed by atoms with Crippen molar-refractivity contribution in [3.05, 3.63) is 125 Å². The summed E-state index contributed by atoms with van der Waals surface area (Å²) >= 11 is 0. The molecule has 1 aliphatic heterocycles. The number of aromatic amines is 1. The lowest BCUT2D eigenvalue weighted by atomic mass is 10.0. The summed E-state index contributed by atoms with van der Waals surface area (Å²) in [5.41, 5.74) is 4.05. The van der Waals surface area contributed by atoms with E-state index in [2.05, 4.69) is 9.71 Å². The molecule has 1 saturated heterocycles. The van der Waals surface area contributed by atoms with E-state index >= 15 is 0 Å². The molecule has 0 spiro atoms. The minimum atomic E-state index is -4.21. The summed E-state index contributed by atoms with van der Waals surface area (Å²) < 4.78 is 29.6. The molecule has 0 bridgehead atoms. The second kappa shape index (κ2) is 12.9. The van der Waals surface area contributed by atoms with Crippen molar-refractivity contribution in [2.45, 2.75) is 17.4 Å². The number of carbonyl (C=O) groups is 1. The molecule has 1 aliphatic rings. The highest BCUT2D eigenvalue weighted by molar-refractivity contribution is 7.89. The highest BCUT2D eigenvalue weighted by Gasteiger charge is 2.33. The first-order valence-electron chi connectivity index (χ1n) is 15.4. The van der Waals surface area contributed by atoms with E-state index in [9.17, 15) is 23.3 Å². The molecule has 1 amide bonds. The minimum Gasteiger partial charge on any atom is -0.361 e. The Morgan fingerprint density at radius 2 is 1.52 bits per heavy atom. The zero-order valence-electron chi connectivity index (χ0n) is 25.7. The first-order valence-corrected chi connectivity index (χ1v) is 16.9. The number of nitrogens with zero attached hydrogens (tertiary/aromatic N) is 5. The summed E-state index contributed by atoms with van der Waals surface area (Å²) in [5.74, 6) is 0.198. The van der Waals surface area contributed by atoms with E-state index in [1.807, 2.05) is 83.8 Å². The third-order valence-corrected chi connectivity index (χ3v) is 10.1. The van der Waals surface area contributed by atoms with Crippen LogP contribution in [0.25, 0.3) is 33.1 Å². The summed E-state index contributed by atoms with van der Waals surface area (Å²) in [6, 6.07) is 28.9. The number of hydrogen-bond donors (Lipinski definition) is 2. The molecule has 0 radical (unpaired) electrons. The molecular weight excluding hydrogens is 630 g/mol. The third kappa shape index (κ3) is 6.20. The fourth-order valence-electron chi connectivity index (χ4n) is 6.07. The highest BCUT2D eigenvalue weighted by Crippen LogP contribution is 2.29. The van der Waals surface area contributed by atoms with Gasteiger partial charge in [-0.3, -0.25) is 14.9 Å². The summed E-state index contributed by atoms with van der Waals surface area (Å²) in [5, 5.41) is 13.0. The van der Waals surface area contributed by atoms with Gasteiger partial charge in [-0.2, -0.15) is 4.72 Å². The number of aromatic nitrogens is 3. The lowest BCUT2D eigenvalue weighted by molar-refractivity contribution is -0.384. The van der Waals surface area contributed by atoms with Crippen molar-refractivity contribution >= 4 is 49.4 Å². The van der Waals surface area contributed by atoms with Crippen molar-refractivity contribution in [1.29, 1.82) is 0 Å². The average molecular weight is 662 g/mol. The van der Waals surface area contributed by atoms with Crippen molar-refractivity contribution < 1.29 is 18.1 Å². The van der Waals surface area contributed by atoms with E-state index in [1.54, 1.807) is 11.1 Å². The first-order chi connectivity index (χ1) is 23.3. The van der Waals surface area contributed by atoms with Gasteiger partial charge in [-0.25, -0.2) is 18.4 Å². The number of rotatable bonds is 9. The van der Waals surface area contributed by atoms with E-state index in [0.29, 0.717) is 32.1 Å². The van der Waals surface area contributed by atoms with Gasteiger partial charge in [-0.15, -0.1) is 0 Å². The Balaban J connectivity index is 1.14. The van der Waals surface area contributed by atoms with Gasteiger partial charge in [0.05, 0.1) is 21.0 Å². The lowest BCUT2D eigenvalue weighted by Crippen LogP contribution is -2.55. The van der Waals surface area contributed by atoms with E-state index in [1.165, 1.54) is 12.1 Å². The van der Waals surface area contributed by atoms with Crippen LogP contribution in [0.15, 0.2) is 114 Å². The number of piperazine rings is 1. The van der Waals surface area contributed by atoms with Crippen LogP contribution in [0, 0.1) is 10.1 Å². The number of nitro groups is 1. The van der Waals surface area contributed by atoms with Gasteiger partial charge in [0.15, 0.2) is 0 Å². The molecule has 242 valence electrons. The predicted octanol–water partition coefficient (Wildman–Crippen LogP) is 4.92. The number of non-ortho nitro benzene ring substituents is 1. The molecule has 1 fully saturated rings. The Labute approximate surface area is 276 Å². The number of hydrogen-bond acceptors (Lipinski definition) is 8. The van der Waals surface area contributed by atoms with Crippen LogP contribution in [0.3, 0.4) is 0 Å². The average Bonchev–Trinajstić information content (AvgIpc) is 3.53. The van der Waals surface area contributed by atoms with E-state index in [4.69, 9.17) is 9.97 Å². The number of fused-ring (bicyclic) bond motifs is 2. The van der Waals surface area contributed by atoms with Crippen molar-refractivity contribution in [2.24, 2.45) is 0 Å². The largest absolute Gasteiger partial charge is 0.361 e. The van der Waals surface area contributed by atoms with Crippen molar-refractivity contribution in [3.63, 3.8) is 0 Å². The normalized spacial score (nSPS) is 14.3. The molecule has 2 N–H and O–H groups in total. The SMILES string of the molecule is O=C(C(Cc1c[nH]c2ccccc12)NS(=O)(=O)c1ccc([N+](=O)[O-])cc1)N1CCN(c2nc(-c3ccccc3)c3ccccc3n2)CC1. The lowest BCUT2D eigenvalue weighted by Gasteiger charge is -2.36. The molecular formula is C35H31N7O5S. The van der Waals surface area contributed by atoms with Crippen LogP contribution in [-0.4, -0.2) is 71.3 Å². The maximum absolute atomic E-state index is 14.1. The topological polar surface area (TPSA) is 154 Å². The summed E-state index contributed by atoms with van der Waals surface area (Å²) in [7, 11) is -4.21. The maximum atomic E-state index is 14.1. The number of carbonyl (C=O) groups excluding carboxylic acids is 1. The predicted molar refractivity (Wildman–Crippen MR) is 183 cm³/mol. The number of para-hydroxylation sites is 2. The van der Waals surface area contributed by atoms with Crippen LogP contribution >= 0.6 is 0 Å². The summed E-state index contributed by atoms with van der Waals surface area (Å²) in [4.78, 5) is 41.2. The highest BCUT2D eigenvalue weighted by atomic mass is 32.2. The number of amides is 1. The van der Waals surface area contributed by atoms with Crippen LogP contribution in [0.1, 0.15) is 5.56 Å². The van der Waals surface area contributed by atoms with E-state index < -0.39 is 21.0 Å². The zero-order chi connectivity index (χ0) is 33.3. The molecule has 4 aromatic carbocycles. The first kappa shape index (κ1) is 31.0. The molecule has 12 nitrogen and oxygen atoms in total. The Hall–Kier alpha value is -5.66. The van der Waals surface area contributed by atoms with E-state index in [0.717, 1.165) is 50.8 Å². The van der Waals surface area contributed by atoms with Crippen LogP contribution in [0.5, 0.6) is 0 Å². The van der Waals surface area contributed by atoms with Crippen LogP contribution in [0.4, 0.5) is 11.6 Å². The van der Waals surface area contributed by atoms with Crippen LogP contribution in [0.2, 0.25) is 0 Å². The molecule has 2 aromatic heterocycles. The molecule has 0 saturated carbocycles. The van der Waals surface area contributed by atoms with Gasteiger partial charge in [-0.1, -0.05) is 66.7 Å². The zero-order valence-corrected chi connectivity index (χ0v) is 26.5. The smallest absolute Gasteiger partial charge is 0.269 e. The van der Waals surface area contributed by atoms with Gasteiger partial charge in [0, 0.05) is 66.4 Å². The van der Waals surface area contributed by atoms with E-state index in [-0.39, 0.29) is 22.9 Å². The number of nitrogens with one attached hydrogen (secondary N) is 2. The monoisotopic (exact) mass is 661 g/mol. The third-order valence-electron chi connectivity index (χ3n) is 8.57. The van der Waals surface area contributed by atoms with Crippen LogP contribution in [-0.2, 0) is 21.2 Å². The number of sulfonamides is 1. The molecule has 13 heteroatoms. The molecule has 48 heavy (non-hydrogen) atoms. The molecule has 3 heterocycles. The second-order valence-electron chi connectivity index (χ2n) is 11.6. The van der Waals surface area contributed by atoms with Crippen molar-refractivity contribution in [1.82, 2.24) is 24.6 Å². The molecule has 1 unspecified atom stereocenters. The van der Waals surface area contributed by atoms with Gasteiger partial charge in [0.1, 0.15) is 6.04 Å².